The summed E-state index contributed by atoms with van der Waals surface area (Å²) in [5.74, 6) is -0.461. The highest BCUT2D eigenvalue weighted by Crippen LogP contribution is 2.29. The van der Waals surface area contributed by atoms with Crippen LogP contribution in [0.15, 0.2) is 91.0 Å². The second-order valence-electron chi connectivity index (χ2n) is 7.04. The van der Waals surface area contributed by atoms with Crippen LogP contribution in [0.4, 0.5) is 5.69 Å². The van der Waals surface area contributed by atoms with Crippen molar-refractivity contribution in [2.24, 2.45) is 0 Å². The molecule has 1 heterocycles. The summed E-state index contributed by atoms with van der Waals surface area (Å²) < 4.78 is 1.87. The molecule has 0 aliphatic heterocycles. The molecule has 4 nitrogen and oxygen atoms in total. The zero-order valence-corrected chi connectivity index (χ0v) is 16.5. The minimum absolute atomic E-state index is 0.0683. The summed E-state index contributed by atoms with van der Waals surface area (Å²) in [7, 11) is 0. The Bertz CT molecular complexity index is 1060. The van der Waals surface area contributed by atoms with Crippen LogP contribution in [-0.2, 0) is 4.79 Å². The molecule has 0 saturated carbocycles. The van der Waals surface area contributed by atoms with Gasteiger partial charge in [0.15, 0.2) is 0 Å². The van der Waals surface area contributed by atoms with E-state index >= 15 is 0 Å². The molecule has 4 aromatic rings. The van der Waals surface area contributed by atoms with Gasteiger partial charge < -0.3 is 5.32 Å². The molecule has 3 aromatic carbocycles. The maximum Gasteiger partial charge on any atom is 0.236 e. The van der Waals surface area contributed by atoms with Gasteiger partial charge in [-0.25, -0.2) is 4.68 Å². The molecule has 0 fully saturated rings. The van der Waals surface area contributed by atoms with Crippen LogP contribution < -0.4 is 5.32 Å². The van der Waals surface area contributed by atoms with Gasteiger partial charge in [0, 0.05) is 0 Å². The molecule has 4 rings (SSSR count). The molecule has 0 spiro atoms. The fourth-order valence-corrected chi connectivity index (χ4v) is 3.63. The lowest BCUT2D eigenvalue weighted by molar-refractivity contribution is -0.116. The third-order valence-corrected chi connectivity index (χ3v) is 5.07. The van der Waals surface area contributed by atoms with Crippen molar-refractivity contribution in [2.45, 2.75) is 19.8 Å². The highest BCUT2D eigenvalue weighted by Gasteiger charge is 2.25. The number of nitrogens with zero attached hydrogens (tertiary/aromatic N) is 2. The first-order chi connectivity index (χ1) is 14.1. The minimum Gasteiger partial charge on any atom is -0.322 e. The largest absolute Gasteiger partial charge is 0.322 e. The molecule has 29 heavy (non-hydrogen) atoms. The van der Waals surface area contributed by atoms with Crippen molar-refractivity contribution in [1.82, 2.24) is 9.78 Å². The molecule has 0 saturated heterocycles. The van der Waals surface area contributed by atoms with Gasteiger partial charge in [-0.15, -0.1) is 0 Å². The summed E-state index contributed by atoms with van der Waals surface area (Å²) in [5.41, 5.74) is 5.34. The zero-order chi connectivity index (χ0) is 20.2. The number of hydrogen-bond acceptors (Lipinski definition) is 2. The molecule has 1 aromatic heterocycles. The fraction of sp³-hybridized carbons (Fsp3) is 0.120. The van der Waals surface area contributed by atoms with Crippen molar-refractivity contribution in [3.05, 3.63) is 114 Å². The molecule has 0 radical (unpaired) electrons. The fourth-order valence-electron chi connectivity index (χ4n) is 3.63. The van der Waals surface area contributed by atoms with Crippen LogP contribution in [0, 0.1) is 13.8 Å². The standard InChI is InChI=1S/C25H23N3O/c1-18-24(19(2)28(27-18)22-16-10-5-11-17-22)26-25(29)23(20-12-6-3-7-13-20)21-14-8-4-9-15-21/h3-17,23H,1-2H3,(H,26,29). The third kappa shape index (κ3) is 3.83. The minimum atomic E-state index is -0.392. The maximum absolute atomic E-state index is 13.4. The second-order valence-corrected chi connectivity index (χ2v) is 7.04. The second kappa shape index (κ2) is 8.15. The molecule has 144 valence electrons. The van der Waals surface area contributed by atoms with E-state index in [0.717, 1.165) is 33.9 Å². The molecular weight excluding hydrogens is 358 g/mol. The van der Waals surface area contributed by atoms with E-state index in [-0.39, 0.29) is 5.91 Å². The molecule has 1 N–H and O–H groups in total. The average Bonchev–Trinajstić information content (AvgIpc) is 3.04. The van der Waals surface area contributed by atoms with Gasteiger partial charge in [-0.1, -0.05) is 78.9 Å². The van der Waals surface area contributed by atoms with Crippen LogP contribution in [-0.4, -0.2) is 15.7 Å². The van der Waals surface area contributed by atoms with Crippen molar-refractivity contribution in [1.29, 1.82) is 0 Å². The molecule has 0 bridgehead atoms. The maximum atomic E-state index is 13.4. The number of aryl methyl sites for hydroxylation is 1. The number of carbonyl (C=O) groups excluding carboxylic acids is 1. The number of benzene rings is 3. The predicted molar refractivity (Wildman–Crippen MR) is 116 cm³/mol. The van der Waals surface area contributed by atoms with E-state index in [1.165, 1.54) is 0 Å². The molecule has 4 heteroatoms. The van der Waals surface area contributed by atoms with Crippen LogP contribution in [0.1, 0.15) is 28.4 Å². The van der Waals surface area contributed by atoms with Crippen LogP contribution in [0.3, 0.4) is 0 Å². The van der Waals surface area contributed by atoms with E-state index in [4.69, 9.17) is 0 Å². The van der Waals surface area contributed by atoms with Crippen LogP contribution >= 0.6 is 0 Å². The SMILES string of the molecule is Cc1nn(-c2ccccc2)c(C)c1NC(=O)C(c1ccccc1)c1ccccc1. The Kier molecular flexibility index (Phi) is 5.25. The van der Waals surface area contributed by atoms with Gasteiger partial charge in [0.2, 0.25) is 5.91 Å². The lowest BCUT2D eigenvalue weighted by Gasteiger charge is -2.18. The predicted octanol–water partition coefficient (Wildman–Crippen LogP) is 5.26. The first-order valence-electron chi connectivity index (χ1n) is 9.67. The highest BCUT2D eigenvalue weighted by molar-refractivity contribution is 5.99. The van der Waals surface area contributed by atoms with Crippen LogP contribution in [0.2, 0.25) is 0 Å². The summed E-state index contributed by atoms with van der Waals surface area (Å²) in [4.78, 5) is 13.4. The summed E-state index contributed by atoms with van der Waals surface area (Å²) in [6.45, 7) is 3.89. The van der Waals surface area contributed by atoms with Crippen molar-refractivity contribution >= 4 is 11.6 Å². The van der Waals surface area contributed by atoms with E-state index < -0.39 is 5.92 Å². The Balaban J connectivity index is 1.70. The molecule has 1 amide bonds. The Labute approximate surface area is 170 Å². The van der Waals surface area contributed by atoms with Gasteiger partial charge in [-0.05, 0) is 37.1 Å². The lowest BCUT2D eigenvalue weighted by Crippen LogP contribution is -2.22. The molecular formula is C25H23N3O. The van der Waals surface area contributed by atoms with Crippen molar-refractivity contribution in [2.75, 3.05) is 5.32 Å². The van der Waals surface area contributed by atoms with Crippen molar-refractivity contribution in [3.63, 3.8) is 0 Å². The van der Waals surface area contributed by atoms with Gasteiger partial charge in [0.25, 0.3) is 0 Å². The van der Waals surface area contributed by atoms with Gasteiger partial charge in [-0.3, -0.25) is 4.79 Å². The Hall–Kier alpha value is -3.66. The smallest absolute Gasteiger partial charge is 0.236 e. The number of rotatable bonds is 5. The first-order valence-corrected chi connectivity index (χ1v) is 9.67. The Morgan fingerprint density at radius 3 is 1.79 bits per heavy atom. The van der Waals surface area contributed by atoms with Gasteiger partial charge >= 0.3 is 0 Å². The number of amides is 1. The summed E-state index contributed by atoms with van der Waals surface area (Å²) in [5, 5.41) is 7.78. The highest BCUT2D eigenvalue weighted by atomic mass is 16.1. The number of para-hydroxylation sites is 1. The van der Waals surface area contributed by atoms with Crippen molar-refractivity contribution < 1.29 is 4.79 Å². The number of hydrogen-bond donors (Lipinski definition) is 1. The molecule has 0 atom stereocenters. The number of carbonyl (C=O) groups is 1. The number of nitrogens with one attached hydrogen (secondary N) is 1. The monoisotopic (exact) mass is 381 g/mol. The third-order valence-electron chi connectivity index (χ3n) is 5.07. The van der Waals surface area contributed by atoms with Gasteiger partial charge in [-0.2, -0.15) is 5.10 Å². The molecule has 0 aliphatic carbocycles. The number of anilines is 1. The van der Waals surface area contributed by atoms with E-state index in [1.807, 2.05) is 110 Å². The summed E-state index contributed by atoms with van der Waals surface area (Å²) in [6.07, 6.45) is 0. The topological polar surface area (TPSA) is 46.9 Å². The normalized spacial score (nSPS) is 10.9. The summed E-state index contributed by atoms with van der Waals surface area (Å²) in [6, 6.07) is 29.7. The Morgan fingerprint density at radius 1 is 0.793 bits per heavy atom. The van der Waals surface area contributed by atoms with Crippen LogP contribution in [0.5, 0.6) is 0 Å². The van der Waals surface area contributed by atoms with Gasteiger partial charge in [0.1, 0.15) is 0 Å². The van der Waals surface area contributed by atoms with E-state index in [1.54, 1.807) is 0 Å². The first kappa shape index (κ1) is 18.7. The number of aromatic nitrogens is 2. The average molecular weight is 381 g/mol. The van der Waals surface area contributed by atoms with Gasteiger partial charge in [0.05, 0.1) is 28.7 Å². The Morgan fingerprint density at radius 2 is 1.28 bits per heavy atom. The zero-order valence-electron chi connectivity index (χ0n) is 16.5. The van der Waals surface area contributed by atoms with E-state index in [2.05, 4.69) is 10.4 Å². The quantitative estimate of drug-likeness (QED) is 0.513. The van der Waals surface area contributed by atoms with E-state index in [9.17, 15) is 4.79 Å². The molecule has 0 aliphatic rings. The van der Waals surface area contributed by atoms with Crippen molar-refractivity contribution in [3.8, 4) is 5.69 Å². The lowest BCUT2D eigenvalue weighted by atomic mass is 9.90. The summed E-state index contributed by atoms with van der Waals surface area (Å²) >= 11 is 0. The molecule has 0 unspecified atom stereocenters. The van der Waals surface area contributed by atoms with E-state index in [0.29, 0.717) is 0 Å². The van der Waals surface area contributed by atoms with Crippen LogP contribution in [0.25, 0.3) is 5.69 Å².